The first kappa shape index (κ1) is 35.7. The molecule has 1 saturated carbocycles. The minimum atomic E-state index is -4.00. The van der Waals surface area contributed by atoms with Gasteiger partial charge in [0.05, 0.1) is 36.4 Å². The minimum Gasteiger partial charge on any atom is -0.463 e. The van der Waals surface area contributed by atoms with Crippen LogP contribution in [-0.2, 0) is 33.3 Å². The van der Waals surface area contributed by atoms with Crippen molar-refractivity contribution in [3.05, 3.63) is 42.0 Å². The molecule has 0 bridgehead atoms. The SMILES string of the molecule is CCCCCCCC1(CC[C@@H]2C(CC=CCCCC(=O)OC(C)C)[C@@H](O)C[C@H]2OS(=O)(=O)c2ccc(C)cc2)OCCO1. The van der Waals surface area contributed by atoms with Crippen molar-refractivity contribution in [2.75, 3.05) is 13.2 Å². The maximum absolute atomic E-state index is 13.3. The fraction of sp³-hybridized carbons (Fsp3) is 0.735. The summed E-state index contributed by atoms with van der Waals surface area (Å²) in [5.41, 5.74) is 0.966. The fourth-order valence-corrected chi connectivity index (χ4v) is 7.39. The molecular formula is C34H54O8S. The number of allylic oxidation sites excluding steroid dienone is 2. The highest BCUT2D eigenvalue weighted by Crippen LogP contribution is 2.43. The van der Waals surface area contributed by atoms with E-state index in [0.717, 1.165) is 31.2 Å². The molecule has 1 N–H and O–H groups in total. The first-order valence-corrected chi connectivity index (χ1v) is 17.8. The van der Waals surface area contributed by atoms with Crippen LogP contribution >= 0.6 is 0 Å². The molecule has 9 heteroatoms. The topological polar surface area (TPSA) is 108 Å². The Bertz CT molecular complexity index is 1090. The van der Waals surface area contributed by atoms with Gasteiger partial charge in [-0.05, 0) is 76.8 Å². The summed E-state index contributed by atoms with van der Waals surface area (Å²) in [5, 5.41) is 11.1. The van der Waals surface area contributed by atoms with E-state index in [-0.39, 0.29) is 35.2 Å². The Labute approximate surface area is 259 Å². The summed E-state index contributed by atoms with van der Waals surface area (Å²) >= 11 is 0. The van der Waals surface area contributed by atoms with Crippen LogP contribution in [0.1, 0.15) is 110 Å². The van der Waals surface area contributed by atoms with Crippen molar-refractivity contribution >= 4 is 16.1 Å². The molecule has 0 radical (unpaired) electrons. The first-order chi connectivity index (χ1) is 20.5. The van der Waals surface area contributed by atoms with Gasteiger partial charge in [0.25, 0.3) is 10.1 Å². The summed E-state index contributed by atoms with van der Waals surface area (Å²) in [5.74, 6) is -1.21. The van der Waals surface area contributed by atoms with E-state index < -0.39 is 28.1 Å². The molecule has 0 amide bonds. The van der Waals surface area contributed by atoms with Gasteiger partial charge in [-0.25, -0.2) is 0 Å². The predicted octanol–water partition coefficient (Wildman–Crippen LogP) is 7.02. The lowest BCUT2D eigenvalue weighted by atomic mass is 9.85. The van der Waals surface area contributed by atoms with Crippen LogP contribution in [0, 0.1) is 18.8 Å². The van der Waals surface area contributed by atoms with Gasteiger partial charge < -0.3 is 19.3 Å². The third kappa shape index (κ3) is 11.6. The van der Waals surface area contributed by atoms with Crippen molar-refractivity contribution in [1.29, 1.82) is 0 Å². The minimum absolute atomic E-state index is 0.117. The van der Waals surface area contributed by atoms with E-state index in [0.29, 0.717) is 45.3 Å². The normalized spacial score (nSPS) is 23.9. The maximum Gasteiger partial charge on any atom is 0.306 e. The first-order valence-electron chi connectivity index (χ1n) is 16.4. The number of carbonyl (C=O) groups is 1. The fourth-order valence-electron chi connectivity index (χ4n) is 6.27. The Morgan fingerprint density at radius 1 is 1.02 bits per heavy atom. The number of carbonyl (C=O) groups excluding carboxylic acids is 1. The van der Waals surface area contributed by atoms with Crippen molar-refractivity contribution in [1.82, 2.24) is 0 Å². The second-order valence-electron chi connectivity index (χ2n) is 12.5. The van der Waals surface area contributed by atoms with Gasteiger partial charge in [0.1, 0.15) is 0 Å². The van der Waals surface area contributed by atoms with E-state index >= 15 is 0 Å². The van der Waals surface area contributed by atoms with E-state index in [1.54, 1.807) is 24.3 Å². The quantitative estimate of drug-likeness (QED) is 0.0759. The maximum atomic E-state index is 13.3. The van der Waals surface area contributed by atoms with E-state index in [1.807, 2.05) is 32.9 Å². The molecular weight excluding hydrogens is 568 g/mol. The second kappa shape index (κ2) is 17.6. The molecule has 3 rings (SSSR count). The van der Waals surface area contributed by atoms with Gasteiger partial charge in [0.2, 0.25) is 0 Å². The summed E-state index contributed by atoms with van der Waals surface area (Å²) in [7, 11) is -4.00. The zero-order valence-corrected chi connectivity index (χ0v) is 27.5. The zero-order chi connectivity index (χ0) is 31.3. The number of rotatable bonds is 19. The summed E-state index contributed by atoms with van der Waals surface area (Å²) in [6, 6.07) is 6.64. The van der Waals surface area contributed by atoms with Gasteiger partial charge in [-0.3, -0.25) is 8.98 Å². The van der Waals surface area contributed by atoms with Crippen LogP contribution in [0.4, 0.5) is 0 Å². The van der Waals surface area contributed by atoms with Crippen molar-refractivity contribution in [2.24, 2.45) is 11.8 Å². The Kier molecular flexibility index (Phi) is 14.6. The average molecular weight is 623 g/mol. The summed E-state index contributed by atoms with van der Waals surface area (Å²) in [4.78, 5) is 11.9. The molecule has 1 aliphatic carbocycles. The number of esters is 1. The molecule has 244 valence electrons. The van der Waals surface area contributed by atoms with Gasteiger partial charge in [-0.1, -0.05) is 62.5 Å². The summed E-state index contributed by atoms with van der Waals surface area (Å²) in [6.45, 7) is 8.90. The number of aliphatic hydroxyl groups is 1. The van der Waals surface area contributed by atoms with Gasteiger partial charge in [0.15, 0.2) is 5.79 Å². The van der Waals surface area contributed by atoms with Crippen LogP contribution in [0.15, 0.2) is 41.3 Å². The molecule has 1 heterocycles. The molecule has 4 atom stereocenters. The van der Waals surface area contributed by atoms with Crippen molar-refractivity contribution in [2.45, 2.75) is 140 Å². The smallest absolute Gasteiger partial charge is 0.306 e. The molecule has 0 spiro atoms. The zero-order valence-electron chi connectivity index (χ0n) is 26.7. The lowest BCUT2D eigenvalue weighted by Crippen LogP contribution is -2.33. The molecule has 1 aliphatic heterocycles. The third-order valence-electron chi connectivity index (χ3n) is 8.58. The van der Waals surface area contributed by atoms with Crippen LogP contribution in [-0.4, -0.2) is 56.8 Å². The summed E-state index contributed by atoms with van der Waals surface area (Å²) in [6.07, 6.45) is 13.1. The standard InChI is InChI=1S/C34H54O8S/c1-5-6-7-10-13-21-34(39-23-24-40-34)22-20-30-29(14-11-8-9-12-15-33(36)41-26(2)3)31(35)25-32(30)42-43(37,38)28-18-16-27(4)17-19-28/h8,11,16-19,26,29-32,35H,5-7,9-10,12-15,20-25H2,1-4H3/t29?,30-,31+,32-/m1/s1. The van der Waals surface area contributed by atoms with Crippen LogP contribution in [0.2, 0.25) is 0 Å². The highest BCUT2D eigenvalue weighted by atomic mass is 32.2. The molecule has 2 fully saturated rings. The number of aliphatic hydroxyl groups excluding tert-OH is 1. The second-order valence-corrected chi connectivity index (χ2v) is 14.1. The molecule has 1 aromatic carbocycles. The number of benzene rings is 1. The molecule has 43 heavy (non-hydrogen) atoms. The van der Waals surface area contributed by atoms with E-state index in [4.69, 9.17) is 18.4 Å². The molecule has 1 aromatic rings. The van der Waals surface area contributed by atoms with Crippen LogP contribution < -0.4 is 0 Å². The Morgan fingerprint density at radius 3 is 2.40 bits per heavy atom. The third-order valence-corrected chi connectivity index (χ3v) is 9.93. The van der Waals surface area contributed by atoms with E-state index in [1.165, 1.54) is 19.3 Å². The van der Waals surface area contributed by atoms with Gasteiger partial charge in [0, 0.05) is 25.7 Å². The molecule has 8 nitrogen and oxygen atoms in total. The lowest BCUT2D eigenvalue weighted by molar-refractivity contribution is -0.171. The largest absolute Gasteiger partial charge is 0.463 e. The number of aryl methyl sites for hydroxylation is 1. The summed E-state index contributed by atoms with van der Waals surface area (Å²) < 4.78 is 49.9. The number of hydrogen-bond acceptors (Lipinski definition) is 8. The molecule has 1 saturated heterocycles. The number of unbranched alkanes of at least 4 members (excludes halogenated alkanes) is 5. The predicted molar refractivity (Wildman–Crippen MR) is 167 cm³/mol. The van der Waals surface area contributed by atoms with Crippen molar-refractivity contribution in [3.63, 3.8) is 0 Å². The van der Waals surface area contributed by atoms with Crippen molar-refractivity contribution < 1.29 is 36.7 Å². The van der Waals surface area contributed by atoms with Crippen molar-refractivity contribution in [3.8, 4) is 0 Å². The highest BCUT2D eigenvalue weighted by molar-refractivity contribution is 7.86. The Hall–Kier alpha value is -1.78. The highest BCUT2D eigenvalue weighted by Gasteiger charge is 2.46. The Balaban J connectivity index is 1.68. The molecule has 1 unspecified atom stereocenters. The van der Waals surface area contributed by atoms with E-state index in [2.05, 4.69) is 6.92 Å². The van der Waals surface area contributed by atoms with Crippen LogP contribution in [0.5, 0.6) is 0 Å². The Morgan fingerprint density at radius 2 is 1.72 bits per heavy atom. The lowest BCUT2D eigenvalue weighted by Gasteiger charge is -2.31. The van der Waals surface area contributed by atoms with Crippen LogP contribution in [0.25, 0.3) is 0 Å². The number of hydrogen-bond donors (Lipinski definition) is 1. The van der Waals surface area contributed by atoms with E-state index in [9.17, 15) is 18.3 Å². The van der Waals surface area contributed by atoms with Gasteiger partial charge in [-0.15, -0.1) is 0 Å². The monoisotopic (exact) mass is 622 g/mol. The molecule has 0 aromatic heterocycles. The number of ether oxygens (including phenoxy) is 3. The van der Waals surface area contributed by atoms with Crippen LogP contribution in [0.3, 0.4) is 0 Å². The molecule has 2 aliphatic rings. The van der Waals surface area contributed by atoms with Gasteiger partial charge >= 0.3 is 5.97 Å². The van der Waals surface area contributed by atoms with Gasteiger partial charge in [-0.2, -0.15) is 8.42 Å². The average Bonchev–Trinajstić information content (AvgIpc) is 3.53.